The highest BCUT2D eigenvalue weighted by molar-refractivity contribution is 6.30. The number of hydrogen-bond donors (Lipinski definition) is 1. The summed E-state index contributed by atoms with van der Waals surface area (Å²) in [7, 11) is 0. The molecule has 2 aromatic rings. The smallest absolute Gasteiger partial charge is 0.322 e. The molecule has 1 aliphatic rings. The highest BCUT2D eigenvalue weighted by atomic mass is 35.5. The molecule has 1 heterocycles. The minimum absolute atomic E-state index is 0.212. The second-order valence-corrected chi connectivity index (χ2v) is 9.25. The number of carbonyl (C=O) groups excluding carboxylic acids is 2. The van der Waals surface area contributed by atoms with Crippen LogP contribution in [0.2, 0.25) is 5.02 Å². The Morgan fingerprint density at radius 2 is 1.79 bits per heavy atom. The number of hydrogen-bond acceptors (Lipinski definition) is 3. The Hall–Kier alpha value is -2.64. The molecule has 0 unspecified atom stereocenters. The van der Waals surface area contributed by atoms with Gasteiger partial charge in [-0.1, -0.05) is 43.6 Å². The van der Waals surface area contributed by atoms with Crippen molar-refractivity contribution < 1.29 is 14.0 Å². The maximum atomic E-state index is 13.3. The van der Waals surface area contributed by atoms with E-state index in [9.17, 15) is 14.0 Å². The van der Waals surface area contributed by atoms with Gasteiger partial charge in [-0.15, -0.1) is 0 Å². The highest BCUT2D eigenvalue weighted by Gasteiger charge is 2.23. The minimum atomic E-state index is -0.307. The van der Waals surface area contributed by atoms with E-state index in [1.807, 2.05) is 4.90 Å². The van der Waals surface area contributed by atoms with Crippen LogP contribution < -0.4 is 5.32 Å². The molecule has 33 heavy (non-hydrogen) atoms. The summed E-state index contributed by atoms with van der Waals surface area (Å²) in [6.07, 6.45) is 0.578. The standard InChI is InChI=1S/C25H32ClFN4O2/c1-19(2)16-24(32)30-13-10-29(11-14-30)12-15-31(18-20-6-8-22(27)9-7-20)25(33)28-23-5-3-4-21(26)17-23/h3-9,17,19H,10-16,18H2,1-2H3,(H,28,33). The Morgan fingerprint density at radius 3 is 2.42 bits per heavy atom. The molecule has 0 saturated carbocycles. The molecule has 2 aromatic carbocycles. The van der Waals surface area contributed by atoms with Crippen LogP contribution in [0.25, 0.3) is 0 Å². The molecule has 1 fully saturated rings. The van der Waals surface area contributed by atoms with Crippen molar-refractivity contribution in [3.05, 3.63) is 64.9 Å². The molecule has 8 heteroatoms. The predicted molar refractivity (Wildman–Crippen MR) is 130 cm³/mol. The van der Waals surface area contributed by atoms with E-state index in [0.29, 0.717) is 55.8 Å². The van der Waals surface area contributed by atoms with Crippen molar-refractivity contribution in [1.82, 2.24) is 14.7 Å². The molecular weight excluding hydrogens is 443 g/mol. The van der Waals surface area contributed by atoms with Gasteiger partial charge in [0.05, 0.1) is 0 Å². The van der Waals surface area contributed by atoms with Crippen molar-refractivity contribution in [3.63, 3.8) is 0 Å². The predicted octanol–water partition coefficient (Wildman–Crippen LogP) is 4.70. The fourth-order valence-corrected chi connectivity index (χ4v) is 3.98. The van der Waals surface area contributed by atoms with Crippen molar-refractivity contribution in [2.75, 3.05) is 44.6 Å². The number of urea groups is 1. The molecule has 0 bridgehead atoms. The second kappa shape index (κ2) is 12.0. The summed E-state index contributed by atoms with van der Waals surface area (Å²) in [6, 6.07) is 12.9. The topological polar surface area (TPSA) is 55.9 Å². The van der Waals surface area contributed by atoms with Gasteiger partial charge < -0.3 is 15.1 Å². The first-order valence-electron chi connectivity index (χ1n) is 11.4. The van der Waals surface area contributed by atoms with Crippen molar-refractivity contribution in [1.29, 1.82) is 0 Å². The van der Waals surface area contributed by atoms with Gasteiger partial charge in [0.15, 0.2) is 0 Å². The van der Waals surface area contributed by atoms with Crippen molar-refractivity contribution >= 4 is 29.2 Å². The highest BCUT2D eigenvalue weighted by Crippen LogP contribution is 2.16. The molecule has 3 rings (SSSR count). The summed E-state index contributed by atoms with van der Waals surface area (Å²) in [6.45, 7) is 8.64. The lowest BCUT2D eigenvalue weighted by Gasteiger charge is -2.36. The van der Waals surface area contributed by atoms with E-state index < -0.39 is 0 Å². The van der Waals surface area contributed by atoms with Crippen molar-refractivity contribution in [3.8, 4) is 0 Å². The summed E-state index contributed by atoms with van der Waals surface area (Å²) in [5.74, 6) is 0.260. The monoisotopic (exact) mass is 474 g/mol. The van der Waals surface area contributed by atoms with Gasteiger partial charge in [0.1, 0.15) is 5.82 Å². The number of nitrogens with zero attached hydrogens (tertiary/aromatic N) is 3. The molecule has 1 N–H and O–H groups in total. The van der Waals surface area contributed by atoms with Crippen LogP contribution in [0, 0.1) is 11.7 Å². The van der Waals surface area contributed by atoms with E-state index in [2.05, 4.69) is 24.1 Å². The van der Waals surface area contributed by atoms with Crippen molar-refractivity contribution in [2.24, 2.45) is 5.92 Å². The van der Waals surface area contributed by atoms with Crippen molar-refractivity contribution in [2.45, 2.75) is 26.8 Å². The zero-order valence-corrected chi connectivity index (χ0v) is 20.0. The maximum Gasteiger partial charge on any atom is 0.322 e. The molecule has 1 saturated heterocycles. The largest absolute Gasteiger partial charge is 0.340 e. The SMILES string of the molecule is CC(C)CC(=O)N1CCN(CCN(Cc2ccc(F)cc2)C(=O)Nc2cccc(Cl)c2)CC1. The molecule has 0 radical (unpaired) electrons. The third-order valence-electron chi connectivity index (χ3n) is 5.64. The molecule has 0 aliphatic carbocycles. The third kappa shape index (κ3) is 8.02. The van der Waals surface area contributed by atoms with Crippen LogP contribution in [0.1, 0.15) is 25.8 Å². The number of amides is 3. The van der Waals surface area contributed by atoms with Gasteiger partial charge in [-0.2, -0.15) is 0 Å². The lowest BCUT2D eigenvalue weighted by Crippen LogP contribution is -2.51. The molecule has 1 aliphatic heterocycles. The Morgan fingerprint density at radius 1 is 1.09 bits per heavy atom. The zero-order valence-electron chi connectivity index (χ0n) is 19.3. The van der Waals surface area contributed by atoms with E-state index >= 15 is 0 Å². The van der Waals surface area contributed by atoms with Crippen LogP contribution in [-0.4, -0.2) is 65.9 Å². The number of rotatable bonds is 8. The first-order chi connectivity index (χ1) is 15.8. The van der Waals surface area contributed by atoms with Crippen LogP contribution in [0.3, 0.4) is 0 Å². The molecule has 0 spiro atoms. The number of nitrogens with one attached hydrogen (secondary N) is 1. The van der Waals surface area contributed by atoms with Crippen LogP contribution in [0.4, 0.5) is 14.9 Å². The van der Waals surface area contributed by atoms with E-state index in [0.717, 1.165) is 18.7 Å². The molecule has 0 atom stereocenters. The van der Waals surface area contributed by atoms with E-state index in [1.165, 1.54) is 12.1 Å². The summed E-state index contributed by atoms with van der Waals surface area (Å²) < 4.78 is 13.3. The number of piperazine rings is 1. The van der Waals surface area contributed by atoms with Gasteiger partial charge >= 0.3 is 6.03 Å². The average molecular weight is 475 g/mol. The lowest BCUT2D eigenvalue weighted by molar-refractivity contribution is -0.133. The van der Waals surface area contributed by atoms with Gasteiger partial charge in [0.25, 0.3) is 0 Å². The zero-order chi connectivity index (χ0) is 23.8. The molecule has 3 amide bonds. The van der Waals surface area contributed by atoms with Crippen LogP contribution in [0.15, 0.2) is 48.5 Å². The minimum Gasteiger partial charge on any atom is -0.340 e. The van der Waals surface area contributed by atoms with Crippen LogP contribution in [-0.2, 0) is 11.3 Å². The number of halogens is 2. The lowest BCUT2D eigenvalue weighted by atomic mass is 10.1. The average Bonchev–Trinajstić information content (AvgIpc) is 2.77. The first kappa shape index (κ1) is 25.0. The van der Waals surface area contributed by atoms with Gasteiger partial charge in [-0.05, 0) is 41.8 Å². The first-order valence-corrected chi connectivity index (χ1v) is 11.7. The van der Waals surface area contributed by atoms with E-state index in [4.69, 9.17) is 11.6 Å². The second-order valence-electron chi connectivity index (χ2n) is 8.81. The fraction of sp³-hybridized carbons (Fsp3) is 0.440. The van der Waals surface area contributed by atoms with Gasteiger partial charge in [-0.25, -0.2) is 9.18 Å². The van der Waals surface area contributed by atoms with Gasteiger partial charge in [0.2, 0.25) is 5.91 Å². The quantitative estimate of drug-likeness (QED) is 0.603. The normalized spacial score (nSPS) is 14.4. The Bertz CT molecular complexity index is 930. The third-order valence-corrected chi connectivity index (χ3v) is 5.88. The molecule has 0 aromatic heterocycles. The van der Waals surface area contributed by atoms with E-state index in [1.54, 1.807) is 41.3 Å². The summed E-state index contributed by atoms with van der Waals surface area (Å²) in [5, 5.41) is 3.44. The summed E-state index contributed by atoms with van der Waals surface area (Å²) >= 11 is 6.04. The Balaban J connectivity index is 1.59. The van der Waals surface area contributed by atoms with Crippen LogP contribution >= 0.6 is 11.6 Å². The van der Waals surface area contributed by atoms with Crippen LogP contribution in [0.5, 0.6) is 0 Å². The molecule has 6 nitrogen and oxygen atoms in total. The fourth-order valence-electron chi connectivity index (χ4n) is 3.79. The number of anilines is 1. The summed E-state index contributed by atoms with van der Waals surface area (Å²) in [5.41, 5.74) is 1.47. The maximum absolute atomic E-state index is 13.3. The Kier molecular flexibility index (Phi) is 9.09. The molecular formula is C25H32ClFN4O2. The molecule has 178 valence electrons. The van der Waals surface area contributed by atoms with Gasteiger partial charge in [-0.3, -0.25) is 9.69 Å². The number of carbonyl (C=O) groups is 2. The number of benzene rings is 2. The van der Waals surface area contributed by atoms with Gasteiger partial charge in [0, 0.05) is 62.9 Å². The Labute approximate surface area is 200 Å². The van der Waals surface area contributed by atoms with E-state index in [-0.39, 0.29) is 17.8 Å². The summed E-state index contributed by atoms with van der Waals surface area (Å²) in [4.78, 5) is 31.3.